The average Bonchev–Trinajstić information content (AvgIpc) is 3.46. The van der Waals surface area contributed by atoms with Crippen LogP contribution in [-0.4, -0.2) is 62.9 Å². The molecule has 1 aliphatic rings. The Morgan fingerprint density at radius 3 is 2.14 bits per heavy atom. The lowest BCUT2D eigenvalue weighted by atomic mass is 9.98. The summed E-state index contributed by atoms with van der Waals surface area (Å²) in [6, 6.07) is 25.3. The lowest BCUT2D eigenvalue weighted by molar-refractivity contribution is 0.0509. The van der Waals surface area contributed by atoms with Crippen LogP contribution >= 0.6 is 0 Å². The molecule has 294 valence electrons. The Morgan fingerprint density at radius 2 is 1.61 bits per heavy atom. The van der Waals surface area contributed by atoms with Crippen LogP contribution in [0, 0.1) is 19.3 Å². The Bertz CT molecular complexity index is 2060. The molecule has 0 saturated carbocycles. The SMILES string of the molecule is C#CC(C)(C)Oc1c(CC=C(C)C)c(OC(=O)c2c(C)cc(OCOC)cc2O)cc2c1CN(CCO[Si](c1ccccc1)(c1ccccc1)C(C)(C)C)C2=O. The van der Waals surface area contributed by atoms with Gasteiger partial charge < -0.3 is 33.4 Å². The van der Waals surface area contributed by atoms with Gasteiger partial charge in [-0.2, -0.15) is 0 Å². The summed E-state index contributed by atoms with van der Waals surface area (Å²) in [6.07, 6.45) is 8.25. The van der Waals surface area contributed by atoms with E-state index in [2.05, 4.69) is 51.0 Å². The molecule has 0 radical (unpaired) electrons. The van der Waals surface area contributed by atoms with Gasteiger partial charge in [0.25, 0.3) is 14.2 Å². The van der Waals surface area contributed by atoms with Crippen LogP contribution in [0.5, 0.6) is 23.0 Å². The molecule has 56 heavy (non-hydrogen) atoms. The minimum absolute atomic E-state index is 0.0288. The molecule has 4 aromatic rings. The van der Waals surface area contributed by atoms with Crippen molar-refractivity contribution >= 4 is 30.6 Å². The van der Waals surface area contributed by atoms with E-state index in [1.165, 1.54) is 13.2 Å². The van der Waals surface area contributed by atoms with Crippen molar-refractivity contribution in [1.29, 1.82) is 0 Å². The number of carbonyl (C=O) groups is 2. The van der Waals surface area contributed by atoms with E-state index in [0.29, 0.717) is 46.7 Å². The van der Waals surface area contributed by atoms with Crippen molar-refractivity contribution in [2.75, 3.05) is 27.1 Å². The summed E-state index contributed by atoms with van der Waals surface area (Å²) in [5, 5.41) is 13.0. The summed E-state index contributed by atoms with van der Waals surface area (Å²) >= 11 is 0. The predicted octanol–water partition coefficient (Wildman–Crippen LogP) is 7.73. The van der Waals surface area contributed by atoms with Crippen LogP contribution < -0.4 is 24.6 Å². The smallest absolute Gasteiger partial charge is 0.347 e. The second-order valence-corrected chi connectivity index (χ2v) is 20.1. The number of carbonyl (C=O) groups excluding carboxylic acids is 2. The molecule has 4 aromatic carbocycles. The summed E-state index contributed by atoms with van der Waals surface area (Å²) in [6.45, 7) is 16.6. The van der Waals surface area contributed by atoms with E-state index < -0.39 is 19.9 Å². The molecule has 5 rings (SSSR count). The van der Waals surface area contributed by atoms with Gasteiger partial charge in [-0.05, 0) is 74.1 Å². The van der Waals surface area contributed by atoms with Gasteiger partial charge in [-0.25, -0.2) is 4.79 Å². The zero-order valence-electron chi connectivity index (χ0n) is 33.9. The molecule has 1 N–H and O–H groups in total. The molecule has 0 unspecified atom stereocenters. The fourth-order valence-corrected chi connectivity index (χ4v) is 11.7. The van der Waals surface area contributed by atoms with Crippen molar-refractivity contribution in [2.24, 2.45) is 0 Å². The fraction of sp³-hybridized carbons (Fsp3) is 0.348. The Balaban J connectivity index is 1.54. The standard InChI is InChI=1S/C46H53NO8Si/c1-11-46(8,9)55-42-36(23-22-31(2)3)40(54-44(50)41-32(4)26-33(27-39(41)48)52-30-51-10)28-37-38(42)29-47(43(37)49)24-25-53-56(45(5,6)7,34-18-14-12-15-19-34)35-20-16-13-17-21-35/h1,12-22,26-28,48H,23-25,29-30H2,2-10H3. The highest BCUT2D eigenvalue weighted by atomic mass is 28.4. The van der Waals surface area contributed by atoms with Crippen molar-refractivity contribution in [2.45, 2.75) is 79.0 Å². The molecule has 0 aromatic heterocycles. The van der Waals surface area contributed by atoms with Gasteiger partial charge in [0.2, 0.25) is 0 Å². The van der Waals surface area contributed by atoms with Gasteiger partial charge >= 0.3 is 5.97 Å². The largest absolute Gasteiger partial charge is 0.507 e. The Kier molecular flexibility index (Phi) is 12.8. The van der Waals surface area contributed by atoms with Crippen molar-refractivity contribution in [3.8, 4) is 35.3 Å². The summed E-state index contributed by atoms with van der Waals surface area (Å²) in [5.41, 5.74) is 1.90. The van der Waals surface area contributed by atoms with Crippen molar-refractivity contribution in [3.05, 3.63) is 118 Å². The molecule has 0 aliphatic carbocycles. The van der Waals surface area contributed by atoms with Gasteiger partial charge in [0.05, 0.1) is 18.7 Å². The van der Waals surface area contributed by atoms with E-state index in [0.717, 1.165) is 15.9 Å². The number of aryl methyl sites for hydroxylation is 1. The van der Waals surface area contributed by atoms with Gasteiger partial charge in [0, 0.05) is 30.8 Å². The molecule has 0 saturated heterocycles. The number of amides is 1. The number of hydrogen-bond donors (Lipinski definition) is 1. The van der Waals surface area contributed by atoms with Crippen LogP contribution in [0.4, 0.5) is 0 Å². The number of phenolic OH excluding ortho intramolecular Hbond substituents is 1. The number of hydrogen-bond acceptors (Lipinski definition) is 8. The van der Waals surface area contributed by atoms with E-state index in [1.807, 2.05) is 56.3 Å². The molecule has 1 amide bonds. The number of benzene rings is 4. The molecule has 10 heteroatoms. The Morgan fingerprint density at radius 1 is 0.982 bits per heavy atom. The van der Waals surface area contributed by atoms with Crippen LogP contribution in [0.2, 0.25) is 5.04 Å². The third-order valence-electron chi connectivity index (χ3n) is 9.87. The third-order valence-corrected chi connectivity index (χ3v) is 14.9. The highest BCUT2D eigenvalue weighted by molar-refractivity contribution is 6.99. The normalized spacial score (nSPS) is 12.9. The predicted molar refractivity (Wildman–Crippen MR) is 222 cm³/mol. The Hall–Kier alpha value is -5.34. The lowest BCUT2D eigenvalue weighted by Gasteiger charge is -2.43. The fourth-order valence-electron chi connectivity index (χ4n) is 7.11. The molecule has 0 spiro atoms. The summed E-state index contributed by atoms with van der Waals surface area (Å²) in [4.78, 5) is 30.0. The molecule has 0 fully saturated rings. The average molecular weight is 776 g/mol. The second kappa shape index (κ2) is 17.2. The van der Waals surface area contributed by atoms with Crippen LogP contribution in [0.1, 0.15) is 85.9 Å². The number of methoxy groups -OCH3 is 1. The maximum atomic E-state index is 14.4. The zero-order chi connectivity index (χ0) is 40.8. The number of fused-ring (bicyclic) bond motifs is 1. The lowest BCUT2D eigenvalue weighted by Crippen LogP contribution is -2.67. The van der Waals surface area contributed by atoms with Gasteiger partial charge in [0.15, 0.2) is 12.4 Å². The monoisotopic (exact) mass is 775 g/mol. The van der Waals surface area contributed by atoms with Gasteiger partial charge in [-0.3, -0.25) is 4.79 Å². The number of allylic oxidation sites excluding steroid dienone is 2. The molecule has 9 nitrogen and oxygen atoms in total. The van der Waals surface area contributed by atoms with E-state index >= 15 is 0 Å². The minimum Gasteiger partial charge on any atom is -0.507 e. The van der Waals surface area contributed by atoms with Crippen LogP contribution in [0.25, 0.3) is 0 Å². The first-order valence-electron chi connectivity index (χ1n) is 18.7. The molecule has 0 atom stereocenters. The van der Waals surface area contributed by atoms with E-state index in [4.69, 9.17) is 29.8 Å². The first kappa shape index (κ1) is 41.8. The maximum Gasteiger partial charge on any atom is 0.347 e. The molecular formula is C46H53NO8Si. The van der Waals surface area contributed by atoms with Crippen LogP contribution in [-0.2, 0) is 22.1 Å². The molecular weight excluding hydrogens is 723 g/mol. The van der Waals surface area contributed by atoms with Crippen molar-refractivity contribution in [1.82, 2.24) is 4.90 Å². The van der Waals surface area contributed by atoms with E-state index in [9.17, 15) is 14.7 Å². The number of terminal acetylenes is 1. The zero-order valence-corrected chi connectivity index (χ0v) is 34.9. The third kappa shape index (κ3) is 8.86. The first-order valence-corrected chi connectivity index (χ1v) is 20.6. The van der Waals surface area contributed by atoms with Gasteiger partial charge in [-0.1, -0.05) is 99.0 Å². The van der Waals surface area contributed by atoms with Gasteiger partial charge in [-0.15, -0.1) is 6.42 Å². The highest BCUT2D eigenvalue weighted by Crippen LogP contribution is 2.43. The van der Waals surface area contributed by atoms with Crippen molar-refractivity contribution < 1.29 is 38.1 Å². The van der Waals surface area contributed by atoms with Gasteiger partial charge in [0.1, 0.15) is 28.6 Å². The van der Waals surface area contributed by atoms with E-state index in [1.54, 1.807) is 37.8 Å². The summed E-state index contributed by atoms with van der Waals surface area (Å²) in [7, 11) is -1.38. The Labute approximate surface area is 332 Å². The molecule has 1 aliphatic heterocycles. The quantitative estimate of drug-likeness (QED) is 0.0327. The summed E-state index contributed by atoms with van der Waals surface area (Å²) in [5.74, 6) is 2.17. The number of esters is 1. The number of phenols is 1. The van der Waals surface area contributed by atoms with Crippen LogP contribution in [0.3, 0.4) is 0 Å². The van der Waals surface area contributed by atoms with Crippen LogP contribution in [0.15, 0.2) is 90.5 Å². The molecule has 1 heterocycles. The number of aromatic hydroxyl groups is 1. The minimum atomic E-state index is -2.86. The maximum absolute atomic E-state index is 14.4. The number of rotatable bonds is 15. The van der Waals surface area contributed by atoms with Crippen molar-refractivity contribution in [3.63, 3.8) is 0 Å². The molecule has 0 bridgehead atoms. The number of ether oxygens (including phenoxy) is 4. The van der Waals surface area contributed by atoms with E-state index in [-0.39, 0.29) is 48.0 Å². The second-order valence-electron chi connectivity index (χ2n) is 15.8. The number of nitrogens with zero attached hydrogens (tertiary/aromatic N) is 1. The first-order chi connectivity index (χ1) is 26.5. The highest BCUT2D eigenvalue weighted by Gasteiger charge is 2.50. The topological polar surface area (TPSA) is 104 Å². The summed E-state index contributed by atoms with van der Waals surface area (Å²) < 4.78 is 30.2.